The van der Waals surface area contributed by atoms with Gasteiger partial charge in [-0.05, 0) is 30.7 Å². The van der Waals surface area contributed by atoms with Crippen molar-refractivity contribution in [3.05, 3.63) is 52.3 Å². The number of nitro benzene ring substituents is 1. The highest BCUT2D eigenvalue weighted by molar-refractivity contribution is 7.77. The van der Waals surface area contributed by atoms with Crippen LogP contribution in [0.25, 0.3) is 0 Å². The smallest absolute Gasteiger partial charge is 0.310 e. The number of ether oxygens (including phenoxy) is 1. The van der Waals surface area contributed by atoms with Gasteiger partial charge in [-0.2, -0.15) is 0 Å². The Morgan fingerprint density at radius 2 is 2.00 bits per heavy atom. The molecule has 0 saturated carbocycles. The third kappa shape index (κ3) is 2.60. The van der Waals surface area contributed by atoms with Gasteiger partial charge in [0.15, 0.2) is 12.9 Å². The maximum Gasteiger partial charge on any atom is 0.310 e. The van der Waals surface area contributed by atoms with Gasteiger partial charge in [-0.15, -0.1) is 0 Å². The fourth-order valence-corrected chi connectivity index (χ4v) is 3.70. The predicted molar refractivity (Wildman–Crippen MR) is 77.5 cm³/mol. The summed E-state index contributed by atoms with van der Waals surface area (Å²) in [5.74, 6) is 3.39. The standard InChI is InChI=1S/C13H15N2O4P/c1-3-14-6-8-20(18,9-7-14)11-4-5-12(15(16)17)13(10-11)19-2/h4-10H,3H2,1-2H3. The average molecular weight is 294 g/mol. The minimum Gasteiger partial charge on any atom is -0.490 e. The Labute approximate surface area is 116 Å². The lowest BCUT2D eigenvalue weighted by Gasteiger charge is -2.20. The lowest BCUT2D eigenvalue weighted by atomic mass is 10.3. The molecule has 0 N–H and O–H groups in total. The summed E-state index contributed by atoms with van der Waals surface area (Å²) in [5, 5.41) is 11.4. The molecule has 0 unspecified atom stereocenters. The number of hydrogen-bond donors (Lipinski definition) is 0. The summed E-state index contributed by atoms with van der Waals surface area (Å²) in [6.07, 6.45) is 3.52. The van der Waals surface area contributed by atoms with Gasteiger partial charge in [0.25, 0.3) is 0 Å². The van der Waals surface area contributed by atoms with E-state index in [2.05, 4.69) is 0 Å². The second-order valence-electron chi connectivity index (χ2n) is 4.25. The summed E-state index contributed by atoms with van der Waals surface area (Å²) in [5.41, 5.74) is -0.136. The molecule has 0 atom stereocenters. The van der Waals surface area contributed by atoms with Crippen LogP contribution in [0.1, 0.15) is 6.92 Å². The number of methoxy groups -OCH3 is 1. The van der Waals surface area contributed by atoms with Crippen molar-refractivity contribution in [2.24, 2.45) is 0 Å². The van der Waals surface area contributed by atoms with Crippen LogP contribution in [-0.2, 0) is 4.57 Å². The van der Waals surface area contributed by atoms with E-state index in [4.69, 9.17) is 4.74 Å². The molecule has 0 aliphatic carbocycles. The molecule has 7 heteroatoms. The van der Waals surface area contributed by atoms with Crippen molar-refractivity contribution in [2.75, 3.05) is 13.7 Å². The Morgan fingerprint density at radius 3 is 2.50 bits per heavy atom. The molecule has 1 aliphatic heterocycles. The third-order valence-electron chi connectivity index (χ3n) is 3.09. The fourth-order valence-electron chi connectivity index (χ4n) is 1.89. The van der Waals surface area contributed by atoms with E-state index in [0.717, 1.165) is 6.54 Å². The topological polar surface area (TPSA) is 72.7 Å². The van der Waals surface area contributed by atoms with E-state index >= 15 is 0 Å². The van der Waals surface area contributed by atoms with Crippen LogP contribution in [0.3, 0.4) is 0 Å². The highest BCUT2D eigenvalue weighted by Crippen LogP contribution is 2.50. The van der Waals surface area contributed by atoms with Crippen LogP contribution in [-0.4, -0.2) is 23.5 Å². The summed E-state index contributed by atoms with van der Waals surface area (Å²) in [6.45, 7) is 2.77. The van der Waals surface area contributed by atoms with E-state index in [-0.39, 0.29) is 11.4 Å². The first kappa shape index (κ1) is 14.3. The lowest BCUT2D eigenvalue weighted by Crippen LogP contribution is -2.13. The number of benzene rings is 1. The van der Waals surface area contributed by atoms with Gasteiger partial charge in [0, 0.05) is 30.3 Å². The van der Waals surface area contributed by atoms with Crippen LogP contribution in [0.2, 0.25) is 0 Å². The van der Waals surface area contributed by atoms with Crippen molar-refractivity contribution < 1.29 is 14.2 Å². The van der Waals surface area contributed by atoms with Crippen molar-refractivity contribution in [3.8, 4) is 5.75 Å². The predicted octanol–water partition coefficient (Wildman–Crippen LogP) is 2.87. The number of hydrogen-bond acceptors (Lipinski definition) is 5. The van der Waals surface area contributed by atoms with Gasteiger partial charge in [0.2, 0.25) is 0 Å². The molecule has 1 heterocycles. The Hall–Kier alpha value is -2.07. The largest absolute Gasteiger partial charge is 0.490 e. The van der Waals surface area contributed by atoms with E-state index < -0.39 is 12.1 Å². The SMILES string of the molecule is CCN1C=CP(=O)(c2ccc([N+](=O)[O-])c(OC)c2)C=C1. The van der Waals surface area contributed by atoms with Gasteiger partial charge >= 0.3 is 5.69 Å². The first-order valence-corrected chi connectivity index (χ1v) is 7.91. The molecule has 0 radical (unpaired) electrons. The zero-order valence-corrected chi connectivity index (χ0v) is 12.1. The first-order chi connectivity index (χ1) is 9.50. The van der Waals surface area contributed by atoms with E-state index in [1.54, 1.807) is 24.0 Å². The summed E-state index contributed by atoms with van der Waals surface area (Å²) in [4.78, 5) is 12.2. The second-order valence-corrected chi connectivity index (χ2v) is 6.78. The molecule has 0 amide bonds. The molecule has 0 fully saturated rings. The molecule has 20 heavy (non-hydrogen) atoms. The van der Waals surface area contributed by atoms with Crippen LogP contribution in [0.5, 0.6) is 5.75 Å². The molecular weight excluding hydrogens is 279 g/mol. The van der Waals surface area contributed by atoms with E-state index in [1.165, 1.54) is 25.3 Å². The Kier molecular flexibility index (Phi) is 3.95. The Balaban J connectivity index is 2.42. The molecule has 0 bridgehead atoms. The summed E-state index contributed by atoms with van der Waals surface area (Å²) >= 11 is 0. The zero-order chi connectivity index (χ0) is 14.8. The molecule has 2 rings (SSSR count). The quantitative estimate of drug-likeness (QED) is 0.485. The molecule has 0 aromatic heterocycles. The molecular formula is C13H15N2O4P. The van der Waals surface area contributed by atoms with Crippen molar-refractivity contribution in [1.82, 2.24) is 4.90 Å². The highest BCUT2D eigenvalue weighted by atomic mass is 31.2. The average Bonchev–Trinajstić information content (AvgIpc) is 2.47. The minimum absolute atomic E-state index is 0.113. The number of rotatable bonds is 4. The number of nitrogens with zero attached hydrogens (tertiary/aromatic N) is 2. The Bertz CT molecular complexity index is 621. The maximum atomic E-state index is 12.8. The van der Waals surface area contributed by atoms with Gasteiger partial charge in [-0.25, -0.2) is 0 Å². The highest BCUT2D eigenvalue weighted by Gasteiger charge is 2.24. The molecule has 0 spiro atoms. The summed E-state index contributed by atoms with van der Waals surface area (Å²) in [7, 11) is -1.46. The van der Waals surface area contributed by atoms with Gasteiger partial charge in [0.05, 0.1) is 12.0 Å². The molecule has 106 valence electrons. The van der Waals surface area contributed by atoms with Gasteiger partial charge in [-0.3, -0.25) is 10.1 Å². The first-order valence-electron chi connectivity index (χ1n) is 6.07. The number of nitro groups is 1. The van der Waals surface area contributed by atoms with Crippen LogP contribution < -0.4 is 10.0 Å². The van der Waals surface area contributed by atoms with Crippen molar-refractivity contribution in [3.63, 3.8) is 0 Å². The fraction of sp³-hybridized carbons (Fsp3) is 0.231. The molecule has 1 aromatic rings. The molecule has 6 nitrogen and oxygen atoms in total. The third-order valence-corrected chi connectivity index (χ3v) is 5.33. The van der Waals surface area contributed by atoms with Crippen LogP contribution >= 0.6 is 7.14 Å². The van der Waals surface area contributed by atoms with Crippen molar-refractivity contribution in [2.45, 2.75) is 6.92 Å². The van der Waals surface area contributed by atoms with Crippen molar-refractivity contribution in [1.29, 1.82) is 0 Å². The maximum absolute atomic E-state index is 12.8. The van der Waals surface area contributed by atoms with E-state index in [9.17, 15) is 14.7 Å². The minimum atomic E-state index is -2.81. The van der Waals surface area contributed by atoms with Gasteiger partial charge in [-0.1, -0.05) is 0 Å². The molecule has 0 saturated heterocycles. The monoisotopic (exact) mass is 294 g/mol. The normalized spacial score (nSPS) is 16.2. The lowest BCUT2D eigenvalue weighted by molar-refractivity contribution is -0.385. The van der Waals surface area contributed by atoms with Crippen LogP contribution in [0.15, 0.2) is 42.2 Å². The zero-order valence-electron chi connectivity index (χ0n) is 11.2. The van der Waals surface area contributed by atoms with Crippen LogP contribution in [0, 0.1) is 10.1 Å². The van der Waals surface area contributed by atoms with Gasteiger partial charge < -0.3 is 14.2 Å². The summed E-state index contributed by atoms with van der Waals surface area (Å²) < 4.78 is 17.8. The van der Waals surface area contributed by atoms with E-state index in [1.807, 2.05) is 11.8 Å². The van der Waals surface area contributed by atoms with Gasteiger partial charge in [0.1, 0.15) is 0 Å². The van der Waals surface area contributed by atoms with Crippen molar-refractivity contribution >= 4 is 18.1 Å². The molecule has 1 aliphatic rings. The van der Waals surface area contributed by atoms with Crippen LogP contribution in [0.4, 0.5) is 5.69 Å². The Morgan fingerprint density at radius 1 is 1.35 bits per heavy atom. The second kappa shape index (κ2) is 5.51. The molecule has 1 aromatic carbocycles. The van der Waals surface area contributed by atoms with E-state index in [0.29, 0.717) is 5.30 Å². The summed E-state index contributed by atoms with van der Waals surface area (Å²) in [6, 6.07) is 4.30.